The van der Waals surface area contributed by atoms with Crippen molar-refractivity contribution < 1.29 is 14.2 Å². The standard InChI is InChI=1S/C34H51N5O3/c1-6-21-40-30-18-15-26(31(41-22-7-2)32(30)42-23-8-3)24-35-20-19-25-13-16-27(17-14-25)36-34-37-29-12-10-9-11-28(29)33(38-34)39(4)5/h9-12,15,18,25,27,35H,6-8,13-14,16-17,19-24H2,1-5H3,(H,36,37,38)/t25-,27+. The van der Waals surface area contributed by atoms with Gasteiger partial charge in [0, 0.05) is 37.6 Å². The maximum atomic E-state index is 6.22. The van der Waals surface area contributed by atoms with E-state index in [2.05, 4.69) is 54.5 Å². The molecular formula is C34H51N5O3. The van der Waals surface area contributed by atoms with Gasteiger partial charge in [0.25, 0.3) is 0 Å². The van der Waals surface area contributed by atoms with E-state index in [-0.39, 0.29) is 0 Å². The number of benzene rings is 2. The second-order valence-electron chi connectivity index (χ2n) is 11.5. The van der Waals surface area contributed by atoms with Gasteiger partial charge in [0.1, 0.15) is 5.82 Å². The lowest BCUT2D eigenvalue weighted by Gasteiger charge is -2.29. The Bertz CT molecular complexity index is 1240. The second kappa shape index (κ2) is 16.4. The average molecular weight is 578 g/mol. The van der Waals surface area contributed by atoms with E-state index in [1.807, 2.05) is 32.3 Å². The maximum Gasteiger partial charge on any atom is 0.225 e. The van der Waals surface area contributed by atoms with Crippen LogP contribution in [0.2, 0.25) is 0 Å². The molecule has 1 aliphatic rings. The minimum Gasteiger partial charge on any atom is -0.490 e. The molecule has 0 amide bonds. The van der Waals surface area contributed by atoms with Crippen LogP contribution in [-0.4, -0.2) is 56.5 Å². The van der Waals surface area contributed by atoms with Gasteiger partial charge in [-0.25, -0.2) is 4.98 Å². The molecule has 0 bridgehead atoms. The zero-order valence-corrected chi connectivity index (χ0v) is 26.4. The summed E-state index contributed by atoms with van der Waals surface area (Å²) in [7, 11) is 4.07. The summed E-state index contributed by atoms with van der Waals surface area (Å²) in [5.41, 5.74) is 2.10. The summed E-state index contributed by atoms with van der Waals surface area (Å²) in [5, 5.41) is 8.40. The average Bonchev–Trinajstić information content (AvgIpc) is 3.01. The van der Waals surface area contributed by atoms with Crippen LogP contribution in [0.15, 0.2) is 36.4 Å². The molecule has 0 aliphatic heterocycles. The third-order valence-electron chi connectivity index (χ3n) is 7.75. The number of fused-ring (bicyclic) bond motifs is 1. The second-order valence-corrected chi connectivity index (χ2v) is 11.5. The van der Waals surface area contributed by atoms with E-state index in [0.717, 1.165) is 96.6 Å². The maximum absolute atomic E-state index is 6.22. The fourth-order valence-electron chi connectivity index (χ4n) is 5.53. The smallest absolute Gasteiger partial charge is 0.225 e. The van der Waals surface area contributed by atoms with Crippen LogP contribution < -0.4 is 29.7 Å². The lowest BCUT2D eigenvalue weighted by Crippen LogP contribution is -2.28. The first-order chi connectivity index (χ1) is 20.5. The Morgan fingerprint density at radius 2 is 1.50 bits per heavy atom. The molecule has 0 atom stereocenters. The van der Waals surface area contributed by atoms with E-state index in [0.29, 0.717) is 25.9 Å². The van der Waals surface area contributed by atoms with Crippen molar-refractivity contribution >= 4 is 22.7 Å². The first-order valence-corrected chi connectivity index (χ1v) is 16.0. The van der Waals surface area contributed by atoms with Gasteiger partial charge >= 0.3 is 0 Å². The molecule has 230 valence electrons. The minimum absolute atomic E-state index is 0.415. The predicted octanol–water partition coefficient (Wildman–Crippen LogP) is 7.21. The third-order valence-corrected chi connectivity index (χ3v) is 7.75. The molecule has 3 aromatic rings. The molecule has 42 heavy (non-hydrogen) atoms. The van der Waals surface area contributed by atoms with Crippen molar-refractivity contribution in [2.45, 2.75) is 84.7 Å². The minimum atomic E-state index is 0.415. The van der Waals surface area contributed by atoms with Crippen LogP contribution in [0.3, 0.4) is 0 Å². The molecular weight excluding hydrogens is 526 g/mol. The normalized spacial score (nSPS) is 16.8. The van der Waals surface area contributed by atoms with E-state index in [9.17, 15) is 0 Å². The monoisotopic (exact) mass is 577 g/mol. The fourth-order valence-corrected chi connectivity index (χ4v) is 5.53. The summed E-state index contributed by atoms with van der Waals surface area (Å²) in [6.45, 7) is 10.1. The van der Waals surface area contributed by atoms with Gasteiger partial charge in [-0.1, -0.05) is 39.0 Å². The molecule has 1 aromatic heterocycles. The topological polar surface area (TPSA) is 80.8 Å². The molecule has 1 fully saturated rings. The molecule has 8 heteroatoms. The summed E-state index contributed by atoms with van der Waals surface area (Å²) in [5.74, 6) is 4.77. The van der Waals surface area contributed by atoms with Crippen LogP contribution in [0, 0.1) is 5.92 Å². The van der Waals surface area contributed by atoms with E-state index < -0.39 is 0 Å². The van der Waals surface area contributed by atoms with Gasteiger partial charge in [-0.05, 0) is 82.0 Å². The fraction of sp³-hybridized carbons (Fsp3) is 0.588. The van der Waals surface area contributed by atoms with Gasteiger partial charge in [0.2, 0.25) is 11.7 Å². The van der Waals surface area contributed by atoms with Gasteiger partial charge in [0.15, 0.2) is 11.5 Å². The van der Waals surface area contributed by atoms with Crippen LogP contribution in [0.25, 0.3) is 10.9 Å². The zero-order chi connectivity index (χ0) is 29.7. The number of rotatable bonds is 17. The number of hydrogen-bond donors (Lipinski definition) is 2. The quantitative estimate of drug-likeness (QED) is 0.163. The predicted molar refractivity (Wildman–Crippen MR) is 173 cm³/mol. The largest absolute Gasteiger partial charge is 0.490 e. The summed E-state index contributed by atoms with van der Waals surface area (Å²) in [6.07, 6.45) is 8.73. The summed E-state index contributed by atoms with van der Waals surface area (Å²) < 4.78 is 18.4. The Hall–Kier alpha value is -3.26. The molecule has 1 aliphatic carbocycles. The van der Waals surface area contributed by atoms with Crippen molar-refractivity contribution in [1.82, 2.24) is 15.3 Å². The SMILES string of the molecule is CCCOc1ccc(CNCC[C@H]2CC[C@@H](Nc3nc(N(C)C)c4ccccc4n3)CC2)c(OCCC)c1OCCC. The highest BCUT2D eigenvalue weighted by Gasteiger charge is 2.23. The van der Waals surface area contributed by atoms with Gasteiger partial charge in [0.05, 0.1) is 25.3 Å². The van der Waals surface area contributed by atoms with Crippen molar-refractivity contribution in [2.75, 3.05) is 50.7 Å². The number of anilines is 2. The molecule has 1 heterocycles. The van der Waals surface area contributed by atoms with Crippen LogP contribution in [-0.2, 0) is 6.54 Å². The van der Waals surface area contributed by atoms with E-state index >= 15 is 0 Å². The van der Waals surface area contributed by atoms with Crippen LogP contribution in [0.1, 0.15) is 77.7 Å². The first-order valence-electron chi connectivity index (χ1n) is 16.0. The van der Waals surface area contributed by atoms with Crippen LogP contribution >= 0.6 is 0 Å². The van der Waals surface area contributed by atoms with Gasteiger partial charge in [-0.3, -0.25) is 0 Å². The van der Waals surface area contributed by atoms with Crippen molar-refractivity contribution in [3.8, 4) is 17.2 Å². The Morgan fingerprint density at radius 3 is 2.21 bits per heavy atom. The molecule has 0 saturated heterocycles. The number of para-hydroxylation sites is 1. The Kier molecular flexibility index (Phi) is 12.4. The van der Waals surface area contributed by atoms with E-state index in [1.54, 1.807) is 0 Å². The molecule has 2 N–H and O–H groups in total. The number of hydrogen-bond acceptors (Lipinski definition) is 8. The van der Waals surface area contributed by atoms with Gasteiger partial charge in [-0.15, -0.1) is 0 Å². The highest BCUT2D eigenvalue weighted by Crippen LogP contribution is 2.41. The van der Waals surface area contributed by atoms with Crippen LogP contribution in [0.4, 0.5) is 11.8 Å². The molecule has 0 radical (unpaired) electrons. The van der Waals surface area contributed by atoms with Crippen molar-refractivity contribution in [2.24, 2.45) is 5.92 Å². The van der Waals surface area contributed by atoms with Gasteiger partial charge in [-0.2, -0.15) is 4.98 Å². The Morgan fingerprint density at radius 1 is 0.810 bits per heavy atom. The zero-order valence-electron chi connectivity index (χ0n) is 26.4. The van der Waals surface area contributed by atoms with E-state index in [1.165, 1.54) is 19.3 Å². The number of nitrogens with zero attached hydrogens (tertiary/aromatic N) is 3. The van der Waals surface area contributed by atoms with Crippen molar-refractivity contribution in [3.05, 3.63) is 42.0 Å². The van der Waals surface area contributed by atoms with Crippen molar-refractivity contribution in [1.29, 1.82) is 0 Å². The summed E-state index contributed by atoms with van der Waals surface area (Å²) >= 11 is 0. The summed E-state index contributed by atoms with van der Waals surface area (Å²) in [4.78, 5) is 11.7. The van der Waals surface area contributed by atoms with Crippen molar-refractivity contribution in [3.63, 3.8) is 0 Å². The lowest BCUT2D eigenvalue weighted by atomic mass is 9.84. The Balaban J connectivity index is 1.28. The highest BCUT2D eigenvalue weighted by molar-refractivity contribution is 5.90. The third kappa shape index (κ3) is 8.63. The van der Waals surface area contributed by atoms with Gasteiger partial charge < -0.3 is 29.7 Å². The number of ether oxygens (including phenoxy) is 3. The molecule has 0 unspecified atom stereocenters. The highest BCUT2D eigenvalue weighted by atomic mass is 16.5. The number of aromatic nitrogens is 2. The molecule has 8 nitrogen and oxygen atoms in total. The molecule has 0 spiro atoms. The lowest BCUT2D eigenvalue weighted by molar-refractivity contribution is 0.241. The van der Waals surface area contributed by atoms with E-state index in [4.69, 9.17) is 24.2 Å². The summed E-state index contributed by atoms with van der Waals surface area (Å²) in [6, 6.07) is 12.8. The molecule has 4 rings (SSSR count). The molecule has 1 saturated carbocycles. The first kappa shape index (κ1) is 31.7. The molecule has 2 aromatic carbocycles. The Labute approximate surface area is 252 Å². The number of nitrogens with one attached hydrogen (secondary N) is 2. The van der Waals surface area contributed by atoms with Crippen LogP contribution in [0.5, 0.6) is 17.2 Å².